The Hall–Kier alpha value is -6.96. The SMILES string of the molecule is C#Cc1ccc2c(c1)C(=O)Nc1cc(C(=O)N3CCC(Cc4ccccc4)CC3)ccc1N2.O=C1Nc2cc(C(=O)C3CCC(Cc4ccccc4)CC3)ccc2Nc2ccc(Br)cc21. The number of fused-ring (bicyclic) bond motifs is 4. The van der Waals surface area contributed by atoms with Gasteiger partial charge in [-0.05, 0) is 147 Å². The van der Waals surface area contributed by atoms with E-state index in [2.05, 4.69) is 97.7 Å². The van der Waals surface area contributed by atoms with Crippen LogP contribution < -0.4 is 21.3 Å². The average molecular weight is 925 g/mol. The fraction of sp³-hybridized carbons (Fsp3) is 0.236. The molecular formula is C55H50BrN5O4. The Kier molecular flexibility index (Phi) is 12.9. The van der Waals surface area contributed by atoms with Gasteiger partial charge in [-0.25, -0.2) is 0 Å². The third-order valence-corrected chi connectivity index (χ3v) is 13.6. The first-order valence-corrected chi connectivity index (χ1v) is 23.2. The number of amides is 3. The van der Waals surface area contributed by atoms with Crippen molar-refractivity contribution in [3.8, 4) is 12.3 Å². The molecular weight excluding hydrogens is 875 g/mol. The molecule has 0 aromatic heterocycles. The van der Waals surface area contributed by atoms with Gasteiger partial charge in [-0.2, -0.15) is 0 Å². The number of anilines is 6. The number of halogens is 1. The highest BCUT2D eigenvalue weighted by molar-refractivity contribution is 9.10. The van der Waals surface area contributed by atoms with Crippen molar-refractivity contribution < 1.29 is 19.2 Å². The minimum absolute atomic E-state index is 0.00147. The molecule has 0 radical (unpaired) electrons. The standard InChI is InChI=1S/C28H25N3O2.C27H25BrN2O2/c1-2-19-8-10-24-23(17-19)27(32)30-26-18-22(9-11-25(26)29-24)28(33)31-14-12-21(13-15-31)16-20-6-4-3-5-7-20;28-21-11-13-23-22(16-21)27(32)30-25-15-20(10-12-24(25)29-23)26(31)19-8-6-18(7-9-19)14-17-4-2-1-3-5-17/h1,3-11,17-18,21,29H,12-16H2,(H,30,32);1-5,10-13,15-16,18-19,29H,6-9,14H2,(H,30,32). The minimum atomic E-state index is -0.250. The van der Waals surface area contributed by atoms with Crippen molar-refractivity contribution in [2.24, 2.45) is 17.8 Å². The number of Topliss-reactive ketones (excluding diaryl/α,β-unsaturated/α-hetero) is 1. The normalized spacial score (nSPS) is 17.5. The zero-order valence-corrected chi connectivity index (χ0v) is 37.6. The topological polar surface area (TPSA) is 120 Å². The molecule has 4 N–H and O–H groups in total. The maximum Gasteiger partial charge on any atom is 0.257 e. The summed E-state index contributed by atoms with van der Waals surface area (Å²) in [6.45, 7) is 1.50. The number of likely N-dealkylation sites (tertiary alicyclic amines) is 1. The van der Waals surface area contributed by atoms with Gasteiger partial charge in [-0.15, -0.1) is 6.42 Å². The third-order valence-electron chi connectivity index (χ3n) is 13.1. The lowest BCUT2D eigenvalue weighted by molar-refractivity contribution is 0.0690. The Bertz CT molecular complexity index is 2810. The van der Waals surface area contributed by atoms with Gasteiger partial charge in [0.15, 0.2) is 5.78 Å². The highest BCUT2D eigenvalue weighted by Gasteiger charge is 2.29. The lowest BCUT2D eigenvalue weighted by atomic mass is 9.76. The van der Waals surface area contributed by atoms with E-state index in [-0.39, 0.29) is 29.4 Å². The molecule has 1 aliphatic carbocycles. The molecule has 2 fully saturated rings. The van der Waals surface area contributed by atoms with Gasteiger partial charge in [0.1, 0.15) is 0 Å². The number of carbonyl (C=O) groups is 4. The monoisotopic (exact) mass is 923 g/mol. The molecule has 0 unspecified atom stereocenters. The Balaban J connectivity index is 0.000000164. The molecule has 6 aromatic rings. The first-order valence-electron chi connectivity index (χ1n) is 22.4. The molecule has 65 heavy (non-hydrogen) atoms. The molecule has 3 amide bonds. The third kappa shape index (κ3) is 10.1. The molecule has 0 atom stereocenters. The van der Waals surface area contributed by atoms with Crippen molar-refractivity contribution in [3.63, 3.8) is 0 Å². The van der Waals surface area contributed by atoms with Crippen LogP contribution in [0.4, 0.5) is 34.1 Å². The van der Waals surface area contributed by atoms with Crippen molar-refractivity contribution in [3.05, 3.63) is 177 Å². The van der Waals surface area contributed by atoms with Crippen molar-refractivity contribution >= 4 is 73.6 Å². The summed E-state index contributed by atoms with van der Waals surface area (Å²) in [5.74, 6) is 3.61. The van der Waals surface area contributed by atoms with Crippen molar-refractivity contribution in [2.45, 2.75) is 51.4 Å². The van der Waals surface area contributed by atoms with Crippen LogP contribution in [0.2, 0.25) is 0 Å². The quantitative estimate of drug-likeness (QED) is 0.0935. The first kappa shape index (κ1) is 43.3. The van der Waals surface area contributed by atoms with E-state index in [4.69, 9.17) is 6.42 Å². The molecule has 0 spiro atoms. The molecule has 1 saturated heterocycles. The largest absolute Gasteiger partial charge is 0.353 e. The molecule has 9 nitrogen and oxygen atoms in total. The van der Waals surface area contributed by atoms with Crippen LogP contribution in [0.3, 0.4) is 0 Å². The van der Waals surface area contributed by atoms with E-state index in [1.165, 1.54) is 11.1 Å². The Morgan fingerprint density at radius 1 is 0.554 bits per heavy atom. The van der Waals surface area contributed by atoms with Gasteiger partial charge in [-0.1, -0.05) is 82.5 Å². The van der Waals surface area contributed by atoms with Crippen LogP contribution in [-0.2, 0) is 12.8 Å². The number of piperidine rings is 1. The highest BCUT2D eigenvalue weighted by atomic mass is 79.9. The van der Waals surface area contributed by atoms with Gasteiger partial charge < -0.3 is 26.2 Å². The Morgan fingerprint density at radius 3 is 1.65 bits per heavy atom. The second-order valence-electron chi connectivity index (χ2n) is 17.5. The maximum absolute atomic E-state index is 13.2. The van der Waals surface area contributed by atoms with Crippen LogP contribution >= 0.6 is 15.9 Å². The van der Waals surface area contributed by atoms with Crippen LogP contribution in [0.25, 0.3) is 0 Å². The summed E-state index contributed by atoms with van der Waals surface area (Å²) >= 11 is 3.42. The van der Waals surface area contributed by atoms with Crippen LogP contribution in [0, 0.1) is 30.1 Å². The molecule has 6 aromatic carbocycles. The van der Waals surface area contributed by atoms with E-state index in [9.17, 15) is 19.2 Å². The molecule has 326 valence electrons. The molecule has 3 heterocycles. The van der Waals surface area contributed by atoms with Gasteiger partial charge in [0.25, 0.3) is 17.7 Å². The Labute approximate surface area is 388 Å². The zero-order valence-electron chi connectivity index (χ0n) is 36.0. The predicted molar refractivity (Wildman–Crippen MR) is 263 cm³/mol. The lowest BCUT2D eigenvalue weighted by Gasteiger charge is -2.32. The summed E-state index contributed by atoms with van der Waals surface area (Å²) in [5.41, 5.74) is 9.88. The van der Waals surface area contributed by atoms with Crippen molar-refractivity contribution in [1.82, 2.24) is 4.90 Å². The van der Waals surface area contributed by atoms with Gasteiger partial charge in [0.2, 0.25) is 0 Å². The fourth-order valence-corrected chi connectivity index (χ4v) is 9.86. The van der Waals surface area contributed by atoms with Crippen molar-refractivity contribution in [1.29, 1.82) is 0 Å². The molecule has 0 bridgehead atoms. The van der Waals surface area contributed by atoms with Crippen LogP contribution in [0.15, 0.2) is 138 Å². The van der Waals surface area contributed by atoms with E-state index in [1.54, 1.807) is 30.3 Å². The summed E-state index contributed by atoms with van der Waals surface area (Å²) < 4.78 is 0.845. The van der Waals surface area contributed by atoms with Crippen LogP contribution in [0.1, 0.15) is 96.6 Å². The smallest absolute Gasteiger partial charge is 0.257 e. The zero-order chi connectivity index (χ0) is 44.9. The molecule has 1 saturated carbocycles. The Morgan fingerprint density at radius 2 is 1.06 bits per heavy atom. The summed E-state index contributed by atoms with van der Waals surface area (Å²) in [4.78, 5) is 53.9. The first-order chi connectivity index (χ1) is 31.7. The van der Waals surface area contributed by atoms with E-state index in [0.29, 0.717) is 56.7 Å². The molecule has 3 aliphatic heterocycles. The number of hydrogen-bond donors (Lipinski definition) is 4. The molecule has 4 aliphatic rings. The van der Waals surface area contributed by atoms with Crippen LogP contribution in [0.5, 0.6) is 0 Å². The van der Waals surface area contributed by atoms with Gasteiger partial charge in [-0.3, -0.25) is 19.2 Å². The van der Waals surface area contributed by atoms with E-state index >= 15 is 0 Å². The van der Waals surface area contributed by atoms with E-state index < -0.39 is 0 Å². The minimum Gasteiger partial charge on any atom is -0.353 e. The summed E-state index contributed by atoms with van der Waals surface area (Å²) in [6, 6.07) is 43.0. The predicted octanol–water partition coefficient (Wildman–Crippen LogP) is 12.1. The number of terminal acetylenes is 1. The van der Waals surface area contributed by atoms with Gasteiger partial charge in [0, 0.05) is 40.2 Å². The number of ketones is 1. The summed E-state index contributed by atoms with van der Waals surface area (Å²) in [7, 11) is 0. The summed E-state index contributed by atoms with van der Waals surface area (Å²) in [6.07, 6.45) is 13.6. The second-order valence-corrected chi connectivity index (χ2v) is 18.4. The molecule has 10 rings (SSSR count). The maximum atomic E-state index is 13.2. The van der Waals surface area contributed by atoms with Gasteiger partial charge >= 0.3 is 0 Å². The summed E-state index contributed by atoms with van der Waals surface area (Å²) in [5, 5.41) is 12.5. The van der Waals surface area contributed by atoms with Gasteiger partial charge in [0.05, 0.1) is 45.3 Å². The second kappa shape index (κ2) is 19.4. The lowest BCUT2D eigenvalue weighted by Crippen LogP contribution is -2.38. The van der Waals surface area contributed by atoms with Crippen LogP contribution in [-0.4, -0.2) is 41.5 Å². The molecule has 10 heteroatoms. The number of nitrogens with zero attached hydrogens (tertiary/aromatic N) is 1. The number of hydrogen-bond acceptors (Lipinski definition) is 6. The number of benzene rings is 6. The number of nitrogens with one attached hydrogen (secondary N) is 4. The number of carbonyl (C=O) groups excluding carboxylic acids is 4. The van der Waals surface area contributed by atoms with E-state index in [1.807, 2.05) is 53.4 Å². The fourth-order valence-electron chi connectivity index (χ4n) is 9.50. The van der Waals surface area contributed by atoms with E-state index in [0.717, 1.165) is 86.0 Å². The van der Waals surface area contributed by atoms with Crippen molar-refractivity contribution in [2.75, 3.05) is 34.4 Å². The highest BCUT2D eigenvalue weighted by Crippen LogP contribution is 2.38. The number of rotatable bonds is 7. The average Bonchev–Trinajstić information content (AvgIpc) is 3.57.